The molecule has 0 aliphatic rings. The molecular weight excluding hydrogens is 177 g/mol. The van der Waals surface area contributed by atoms with Gasteiger partial charge in [-0.15, -0.1) is 0 Å². The molecule has 0 atom stereocenters. The largest absolute Gasteiger partial charge is 0.460 e. The van der Waals surface area contributed by atoms with Crippen LogP contribution in [0, 0.1) is 0 Å². The van der Waals surface area contributed by atoms with E-state index in [2.05, 4.69) is 0 Å². The van der Waals surface area contributed by atoms with Gasteiger partial charge in [0.25, 0.3) is 0 Å². The molecule has 14 heavy (non-hydrogen) atoms. The second-order valence-corrected chi connectivity index (χ2v) is 3.35. The summed E-state index contributed by atoms with van der Waals surface area (Å²) in [4.78, 5) is 11.3. The van der Waals surface area contributed by atoms with Gasteiger partial charge in [-0.3, -0.25) is 0 Å². The van der Waals surface area contributed by atoms with E-state index in [4.69, 9.17) is 9.47 Å². The minimum atomic E-state index is -0.284. The Hall–Kier alpha value is -0.375. The van der Waals surface area contributed by atoms with Crippen LogP contribution in [0.2, 0.25) is 19.0 Å². The lowest BCUT2D eigenvalue weighted by molar-refractivity contribution is -0.159. The van der Waals surface area contributed by atoms with Gasteiger partial charge in [0.1, 0.15) is 30.1 Å². The van der Waals surface area contributed by atoms with Crippen LogP contribution < -0.4 is 0 Å². The maximum Gasteiger partial charge on any atom is 0.332 e. The van der Waals surface area contributed by atoms with Crippen molar-refractivity contribution in [1.29, 1.82) is 0 Å². The van der Waals surface area contributed by atoms with Crippen molar-refractivity contribution in [1.82, 2.24) is 0 Å². The van der Waals surface area contributed by atoms with Crippen molar-refractivity contribution < 1.29 is 14.3 Å². The Labute approximate surface area is 89.1 Å². The van der Waals surface area contributed by atoms with Crippen molar-refractivity contribution in [3.63, 3.8) is 0 Å². The molecule has 0 aliphatic heterocycles. The zero-order valence-corrected chi connectivity index (χ0v) is 9.76. The van der Waals surface area contributed by atoms with Gasteiger partial charge in [0.05, 0.1) is 5.60 Å². The number of hydrogen-bond acceptors (Lipinski definition) is 3. The molecule has 0 saturated heterocycles. The standard InChI is InChI=1S/C8H19B3O3/c1-2-13-3-7(12)14-8(4-9,5-10)6-11/h2-6,9-11H2,1H3. The van der Waals surface area contributed by atoms with E-state index in [1.54, 1.807) is 0 Å². The highest BCUT2D eigenvalue weighted by molar-refractivity contribution is 6.16. The molecule has 0 spiro atoms. The third-order valence-electron chi connectivity index (χ3n) is 2.69. The Morgan fingerprint density at radius 2 is 1.71 bits per heavy atom. The van der Waals surface area contributed by atoms with Gasteiger partial charge < -0.3 is 9.47 Å². The molecule has 0 rings (SSSR count). The summed E-state index contributed by atoms with van der Waals surface area (Å²) in [6.07, 6.45) is 2.58. The van der Waals surface area contributed by atoms with Crippen molar-refractivity contribution >= 4 is 29.5 Å². The number of rotatable bonds is 7. The molecule has 0 unspecified atom stereocenters. The highest BCUT2D eigenvalue weighted by Crippen LogP contribution is 2.23. The van der Waals surface area contributed by atoms with Crippen LogP contribution in [0.1, 0.15) is 6.92 Å². The Morgan fingerprint density at radius 1 is 1.21 bits per heavy atom. The maximum atomic E-state index is 11.3. The van der Waals surface area contributed by atoms with E-state index in [0.29, 0.717) is 6.61 Å². The summed E-state index contributed by atoms with van der Waals surface area (Å²) >= 11 is 0. The summed E-state index contributed by atoms with van der Waals surface area (Å²) in [5, 5.41) is 0. The van der Waals surface area contributed by atoms with Crippen LogP contribution in [0.25, 0.3) is 0 Å². The number of hydrogen-bond donors (Lipinski definition) is 0. The summed E-state index contributed by atoms with van der Waals surface area (Å²) in [5.41, 5.74) is -0.284. The quantitative estimate of drug-likeness (QED) is 0.365. The Morgan fingerprint density at radius 3 is 2.07 bits per heavy atom. The van der Waals surface area contributed by atoms with E-state index in [1.807, 2.05) is 30.5 Å². The highest BCUT2D eigenvalue weighted by Gasteiger charge is 2.27. The molecule has 0 aliphatic carbocycles. The van der Waals surface area contributed by atoms with Crippen LogP contribution in [0.15, 0.2) is 0 Å². The number of carbonyl (C=O) groups excluding carboxylic acids is 1. The lowest BCUT2D eigenvalue weighted by Crippen LogP contribution is -2.35. The Bertz CT molecular complexity index is 163. The summed E-state index contributed by atoms with van der Waals surface area (Å²) in [7, 11) is 6.13. The van der Waals surface area contributed by atoms with E-state index < -0.39 is 0 Å². The molecule has 0 N–H and O–H groups in total. The molecule has 0 heterocycles. The predicted molar refractivity (Wildman–Crippen MR) is 65.4 cm³/mol. The van der Waals surface area contributed by atoms with Crippen molar-refractivity contribution in [2.45, 2.75) is 31.5 Å². The lowest BCUT2D eigenvalue weighted by Gasteiger charge is -2.30. The van der Waals surface area contributed by atoms with Crippen LogP contribution >= 0.6 is 0 Å². The first-order valence-electron chi connectivity index (χ1n) is 5.43. The first-order chi connectivity index (χ1) is 6.64. The van der Waals surface area contributed by atoms with E-state index >= 15 is 0 Å². The summed E-state index contributed by atoms with van der Waals surface area (Å²) in [6.45, 7) is 2.48. The highest BCUT2D eigenvalue weighted by atomic mass is 16.6. The molecule has 3 nitrogen and oxygen atoms in total. The molecule has 0 radical (unpaired) electrons. The van der Waals surface area contributed by atoms with Gasteiger partial charge in [0.2, 0.25) is 0 Å². The van der Waals surface area contributed by atoms with Gasteiger partial charge in [-0.2, -0.15) is 0 Å². The van der Waals surface area contributed by atoms with Crippen molar-refractivity contribution in [3.8, 4) is 0 Å². The average Bonchev–Trinajstić information content (AvgIpc) is 2.23. The number of ether oxygens (including phenoxy) is 2. The van der Waals surface area contributed by atoms with Gasteiger partial charge in [0, 0.05) is 6.61 Å². The first kappa shape index (κ1) is 13.6. The molecule has 78 valence electrons. The molecule has 0 saturated carbocycles. The summed E-state index contributed by atoms with van der Waals surface area (Å²) in [6, 6.07) is 0. The second kappa shape index (κ2) is 6.99. The molecule has 0 aromatic heterocycles. The third kappa shape index (κ3) is 4.22. The van der Waals surface area contributed by atoms with Crippen LogP contribution in [0.5, 0.6) is 0 Å². The zero-order chi connectivity index (χ0) is 11.0. The minimum absolute atomic E-state index is 0.0677. The monoisotopic (exact) mass is 196 g/mol. The minimum Gasteiger partial charge on any atom is -0.460 e. The topological polar surface area (TPSA) is 35.5 Å². The van der Waals surface area contributed by atoms with Crippen LogP contribution in [-0.2, 0) is 14.3 Å². The Kier molecular flexibility index (Phi) is 6.80. The van der Waals surface area contributed by atoms with Gasteiger partial charge in [0.15, 0.2) is 0 Å². The summed E-state index contributed by atoms with van der Waals surface area (Å²) in [5.74, 6) is -0.252. The maximum absolute atomic E-state index is 11.3. The van der Waals surface area contributed by atoms with Crippen molar-refractivity contribution in [2.75, 3.05) is 13.2 Å². The van der Waals surface area contributed by atoms with Crippen LogP contribution in [-0.4, -0.2) is 48.3 Å². The fourth-order valence-corrected chi connectivity index (χ4v) is 1.42. The molecular formula is C8H19B3O3. The number of carbonyl (C=O) groups is 1. The third-order valence-corrected chi connectivity index (χ3v) is 2.69. The predicted octanol–water partition coefficient (Wildman–Crippen LogP) is -1.54. The van der Waals surface area contributed by atoms with Crippen molar-refractivity contribution in [3.05, 3.63) is 0 Å². The molecule has 0 fully saturated rings. The van der Waals surface area contributed by atoms with Gasteiger partial charge >= 0.3 is 5.97 Å². The Balaban J connectivity index is 4.08. The molecule has 0 aromatic carbocycles. The first-order valence-corrected chi connectivity index (χ1v) is 5.43. The van der Waals surface area contributed by atoms with E-state index in [-0.39, 0.29) is 18.2 Å². The summed E-state index contributed by atoms with van der Waals surface area (Å²) < 4.78 is 10.4. The van der Waals surface area contributed by atoms with E-state index in [0.717, 1.165) is 19.0 Å². The fourth-order valence-electron chi connectivity index (χ4n) is 1.42. The van der Waals surface area contributed by atoms with Gasteiger partial charge in [-0.05, 0) is 25.9 Å². The average molecular weight is 196 g/mol. The van der Waals surface area contributed by atoms with Crippen molar-refractivity contribution in [2.24, 2.45) is 0 Å². The fraction of sp³-hybridized carbons (Fsp3) is 0.875. The molecule has 0 amide bonds. The van der Waals surface area contributed by atoms with Crippen LogP contribution in [0.4, 0.5) is 0 Å². The lowest BCUT2D eigenvalue weighted by atomic mass is 9.70. The normalized spacial score (nSPS) is 11.2. The number of esters is 1. The molecule has 0 bridgehead atoms. The van der Waals surface area contributed by atoms with E-state index in [9.17, 15) is 4.79 Å². The zero-order valence-electron chi connectivity index (χ0n) is 9.76. The molecule has 6 heteroatoms. The van der Waals surface area contributed by atoms with E-state index in [1.165, 1.54) is 0 Å². The van der Waals surface area contributed by atoms with Crippen LogP contribution in [0.3, 0.4) is 0 Å². The second-order valence-electron chi connectivity index (χ2n) is 3.35. The SMILES string of the molecule is BCC(CB)(CB)OC(=O)COCC. The smallest absolute Gasteiger partial charge is 0.332 e. The van der Waals surface area contributed by atoms with Gasteiger partial charge in [-0.1, -0.05) is 0 Å². The van der Waals surface area contributed by atoms with Gasteiger partial charge in [-0.25, -0.2) is 4.79 Å². The molecule has 0 aromatic rings.